The number of methoxy groups -OCH3 is 1. The second-order valence-corrected chi connectivity index (χ2v) is 4.91. The molecular weight excluding hydrogens is 276 g/mol. The number of urea groups is 1. The largest absolute Gasteiger partial charge is 0.497 e. The van der Waals surface area contributed by atoms with Crippen LogP contribution in [0.15, 0.2) is 29.8 Å². The standard InChI is InChI=1S/C13H16N4O2S/c1-3-11(9-4-6-10(19-2)7-5-9)15-12(18)16-13-17-14-8-20-13/h4-8,11H,3H2,1-2H3,(H2,15,16,17,18)/t11-/m1/s1. The maximum Gasteiger partial charge on any atom is 0.321 e. The molecular formula is C13H16N4O2S. The molecule has 0 bridgehead atoms. The summed E-state index contributed by atoms with van der Waals surface area (Å²) in [4.78, 5) is 11.9. The van der Waals surface area contributed by atoms with E-state index in [1.807, 2.05) is 31.2 Å². The van der Waals surface area contributed by atoms with Gasteiger partial charge < -0.3 is 10.1 Å². The third-order valence-electron chi connectivity index (χ3n) is 2.81. The summed E-state index contributed by atoms with van der Waals surface area (Å²) in [6, 6.07) is 7.29. The van der Waals surface area contributed by atoms with Crippen LogP contribution in [0, 0.1) is 0 Å². The minimum absolute atomic E-state index is 0.0613. The summed E-state index contributed by atoms with van der Waals surface area (Å²) in [6.07, 6.45) is 0.788. The third-order valence-corrected chi connectivity index (χ3v) is 3.42. The zero-order valence-electron chi connectivity index (χ0n) is 11.3. The molecule has 2 rings (SSSR count). The van der Waals surface area contributed by atoms with Gasteiger partial charge in [0.05, 0.1) is 13.2 Å². The van der Waals surface area contributed by atoms with Gasteiger partial charge in [0.25, 0.3) is 0 Å². The van der Waals surface area contributed by atoms with Crippen LogP contribution in [0.2, 0.25) is 0 Å². The third kappa shape index (κ3) is 3.67. The number of ether oxygens (including phenoxy) is 1. The average Bonchev–Trinajstić information content (AvgIpc) is 2.97. The van der Waals surface area contributed by atoms with Crippen molar-refractivity contribution in [2.75, 3.05) is 12.4 Å². The first-order valence-electron chi connectivity index (χ1n) is 6.20. The van der Waals surface area contributed by atoms with Gasteiger partial charge in [-0.05, 0) is 24.1 Å². The SMILES string of the molecule is CC[C@@H](NC(=O)Nc1nncs1)c1ccc(OC)cc1. The first-order valence-corrected chi connectivity index (χ1v) is 7.08. The number of nitrogens with zero attached hydrogens (tertiary/aromatic N) is 2. The summed E-state index contributed by atoms with van der Waals surface area (Å²) in [5.41, 5.74) is 2.59. The van der Waals surface area contributed by atoms with Crippen LogP contribution in [0.25, 0.3) is 0 Å². The van der Waals surface area contributed by atoms with Crippen molar-refractivity contribution in [1.82, 2.24) is 15.5 Å². The van der Waals surface area contributed by atoms with Crippen molar-refractivity contribution in [3.8, 4) is 5.75 Å². The Kier molecular flexibility index (Phi) is 4.89. The number of hydrogen-bond donors (Lipinski definition) is 2. The lowest BCUT2D eigenvalue weighted by atomic mass is 10.0. The molecule has 2 aromatic rings. The van der Waals surface area contributed by atoms with Crippen LogP contribution in [0.5, 0.6) is 5.75 Å². The highest BCUT2D eigenvalue weighted by molar-refractivity contribution is 7.13. The monoisotopic (exact) mass is 292 g/mol. The number of rotatable bonds is 5. The van der Waals surface area contributed by atoms with Crippen molar-refractivity contribution in [2.45, 2.75) is 19.4 Å². The van der Waals surface area contributed by atoms with Crippen molar-refractivity contribution >= 4 is 22.5 Å². The van der Waals surface area contributed by atoms with Gasteiger partial charge in [-0.2, -0.15) is 0 Å². The van der Waals surface area contributed by atoms with E-state index in [1.54, 1.807) is 12.6 Å². The van der Waals surface area contributed by atoms with Crippen LogP contribution in [0.1, 0.15) is 24.9 Å². The van der Waals surface area contributed by atoms with Crippen LogP contribution >= 0.6 is 11.3 Å². The molecule has 6 nitrogen and oxygen atoms in total. The minimum Gasteiger partial charge on any atom is -0.497 e. The van der Waals surface area contributed by atoms with Gasteiger partial charge in [-0.3, -0.25) is 5.32 Å². The molecule has 1 aromatic carbocycles. The fourth-order valence-electron chi connectivity index (χ4n) is 1.78. The first-order chi connectivity index (χ1) is 9.72. The lowest BCUT2D eigenvalue weighted by Crippen LogP contribution is -2.32. The quantitative estimate of drug-likeness (QED) is 0.888. The second-order valence-electron chi connectivity index (χ2n) is 4.08. The van der Waals surface area contributed by atoms with E-state index in [4.69, 9.17) is 4.74 Å². The summed E-state index contributed by atoms with van der Waals surface area (Å²) < 4.78 is 5.12. The molecule has 1 heterocycles. The van der Waals surface area contributed by atoms with Crippen LogP contribution in [-0.2, 0) is 0 Å². The Morgan fingerprint density at radius 2 is 2.15 bits per heavy atom. The lowest BCUT2D eigenvalue weighted by Gasteiger charge is -2.17. The van der Waals surface area contributed by atoms with E-state index in [1.165, 1.54) is 11.3 Å². The summed E-state index contributed by atoms with van der Waals surface area (Å²) in [5.74, 6) is 0.793. The highest BCUT2D eigenvalue weighted by Crippen LogP contribution is 2.20. The molecule has 0 saturated carbocycles. The van der Waals surface area contributed by atoms with Crippen molar-refractivity contribution in [2.24, 2.45) is 0 Å². The summed E-state index contributed by atoms with van der Waals surface area (Å²) >= 11 is 1.28. The number of hydrogen-bond acceptors (Lipinski definition) is 5. The Balaban J connectivity index is 1.98. The molecule has 2 N–H and O–H groups in total. The fourth-order valence-corrected chi connectivity index (χ4v) is 2.22. The Morgan fingerprint density at radius 3 is 2.70 bits per heavy atom. The zero-order valence-corrected chi connectivity index (χ0v) is 12.1. The van der Waals surface area contributed by atoms with Gasteiger partial charge in [0, 0.05) is 0 Å². The van der Waals surface area contributed by atoms with E-state index >= 15 is 0 Å². The molecule has 2 amide bonds. The Bertz CT molecular complexity index is 542. The first kappa shape index (κ1) is 14.3. The minimum atomic E-state index is -0.288. The highest BCUT2D eigenvalue weighted by atomic mass is 32.1. The van der Waals surface area contributed by atoms with Crippen molar-refractivity contribution in [1.29, 1.82) is 0 Å². The molecule has 106 valence electrons. The molecule has 0 radical (unpaired) electrons. The molecule has 20 heavy (non-hydrogen) atoms. The summed E-state index contributed by atoms with van der Waals surface area (Å²) in [5, 5.41) is 13.5. The predicted octanol–water partition coefficient (Wildman–Crippen LogP) is 2.82. The van der Waals surface area contributed by atoms with Crippen LogP contribution in [0.4, 0.5) is 9.93 Å². The molecule has 0 spiro atoms. The Morgan fingerprint density at radius 1 is 1.40 bits per heavy atom. The van der Waals surface area contributed by atoms with Gasteiger partial charge in [0.2, 0.25) is 5.13 Å². The molecule has 7 heteroatoms. The number of nitrogens with one attached hydrogen (secondary N) is 2. The maximum absolute atomic E-state index is 11.9. The van der Waals surface area contributed by atoms with Gasteiger partial charge in [0.1, 0.15) is 11.3 Å². The normalized spacial score (nSPS) is 11.7. The van der Waals surface area contributed by atoms with E-state index in [-0.39, 0.29) is 12.1 Å². The predicted molar refractivity (Wildman–Crippen MR) is 78.1 cm³/mol. The molecule has 0 aliphatic rings. The van der Waals surface area contributed by atoms with Gasteiger partial charge in [-0.25, -0.2) is 4.79 Å². The van der Waals surface area contributed by atoms with E-state index < -0.39 is 0 Å². The summed E-state index contributed by atoms with van der Waals surface area (Å²) in [6.45, 7) is 2.01. The van der Waals surface area contributed by atoms with Crippen LogP contribution in [-0.4, -0.2) is 23.3 Å². The van der Waals surface area contributed by atoms with Gasteiger partial charge in [-0.1, -0.05) is 30.4 Å². The number of anilines is 1. The van der Waals surface area contributed by atoms with Gasteiger partial charge in [0.15, 0.2) is 0 Å². The van der Waals surface area contributed by atoms with E-state index in [0.717, 1.165) is 17.7 Å². The van der Waals surface area contributed by atoms with Crippen molar-refractivity contribution in [3.05, 3.63) is 35.3 Å². The van der Waals surface area contributed by atoms with Gasteiger partial charge >= 0.3 is 6.03 Å². The smallest absolute Gasteiger partial charge is 0.321 e. The topological polar surface area (TPSA) is 76.1 Å². The van der Waals surface area contributed by atoms with E-state index in [9.17, 15) is 4.79 Å². The number of amides is 2. The molecule has 0 fully saturated rings. The van der Waals surface area contributed by atoms with E-state index in [2.05, 4.69) is 20.8 Å². The van der Waals surface area contributed by atoms with Crippen molar-refractivity contribution < 1.29 is 9.53 Å². The number of carbonyl (C=O) groups is 1. The van der Waals surface area contributed by atoms with E-state index in [0.29, 0.717) is 5.13 Å². The second kappa shape index (κ2) is 6.85. The fraction of sp³-hybridized carbons (Fsp3) is 0.308. The maximum atomic E-state index is 11.9. The number of aromatic nitrogens is 2. The van der Waals surface area contributed by atoms with Gasteiger partial charge in [-0.15, -0.1) is 10.2 Å². The summed E-state index contributed by atoms with van der Waals surface area (Å²) in [7, 11) is 1.63. The average molecular weight is 292 g/mol. The zero-order chi connectivity index (χ0) is 14.4. The van der Waals surface area contributed by atoms with Crippen molar-refractivity contribution in [3.63, 3.8) is 0 Å². The molecule has 1 aromatic heterocycles. The lowest BCUT2D eigenvalue weighted by molar-refractivity contribution is 0.248. The molecule has 0 aliphatic carbocycles. The number of benzene rings is 1. The molecule has 0 unspecified atom stereocenters. The van der Waals surface area contributed by atoms with Crippen LogP contribution < -0.4 is 15.4 Å². The highest BCUT2D eigenvalue weighted by Gasteiger charge is 2.13. The number of carbonyl (C=O) groups excluding carboxylic acids is 1. The Hall–Kier alpha value is -2.15. The Labute approximate surface area is 121 Å². The van der Waals surface area contributed by atoms with Crippen LogP contribution in [0.3, 0.4) is 0 Å². The molecule has 0 aliphatic heterocycles. The molecule has 0 saturated heterocycles. The molecule has 1 atom stereocenters.